The number of hydrogen-bond donors (Lipinski definition) is 2. The average molecular weight is 432 g/mol. The van der Waals surface area contributed by atoms with Crippen LogP contribution in [0.1, 0.15) is 23.1 Å². The van der Waals surface area contributed by atoms with Crippen molar-refractivity contribution in [3.05, 3.63) is 102 Å². The molecule has 0 aliphatic rings. The number of urea groups is 1. The molecule has 0 saturated heterocycles. The normalized spacial score (nSPS) is 10.3. The van der Waals surface area contributed by atoms with Crippen molar-refractivity contribution in [3.8, 4) is 5.75 Å². The summed E-state index contributed by atoms with van der Waals surface area (Å²) < 4.78 is 5.93. The van der Waals surface area contributed by atoms with Crippen molar-refractivity contribution in [2.45, 2.75) is 26.1 Å². The Labute approximate surface area is 189 Å². The molecule has 6 nitrogen and oxygen atoms in total. The second-order valence-corrected chi connectivity index (χ2v) is 7.48. The summed E-state index contributed by atoms with van der Waals surface area (Å²) in [6, 6.07) is 27.1. The molecule has 0 fully saturated rings. The molecule has 32 heavy (non-hydrogen) atoms. The molecule has 3 rings (SSSR count). The summed E-state index contributed by atoms with van der Waals surface area (Å²) in [6.07, 6.45) is 0.206. The van der Waals surface area contributed by atoms with Crippen molar-refractivity contribution >= 4 is 11.9 Å². The minimum atomic E-state index is -0.207. The van der Waals surface area contributed by atoms with Gasteiger partial charge in [0.2, 0.25) is 5.91 Å². The highest BCUT2D eigenvalue weighted by Gasteiger charge is 2.10. The van der Waals surface area contributed by atoms with Gasteiger partial charge in [0.05, 0.1) is 0 Å². The molecule has 0 atom stereocenters. The first-order valence-electron chi connectivity index (χ1n) is 10.7. The van der Waals surface area contributed by atoms with Crippen molar-refractivity contribution in [1.82, 2.24) is 15.5 Å². The van der Waals surface area contributed by atoms with Crippen molar-refractivity contribution in [1.29, 1.82) is 0 Å². The summed E-state index contributed by atoms with van der Waals surface area (Å²) in [5.74, 6) is 0.612. The Morgan fingerprint density at radius 1 is 0.812 bits per heavy atom. The van der Waals surface area contributed by atoms with Crippen molar-refractivity contribution in [2.75, 3.05) is 13.6 Å². The van der Waals surface area contributed by atoms with E-state index in [9.17, 15) is 9.59 Å². The summed E-state index contributed by atoms with van der Waals surface area (Å²) in [6.45, 7) is 1.62. The van der Waals surface area contributed by atoms with Crippen LogP contribution in [0.25, 0.3) is 0 Å². The SMILES string of the molecule is CN(Cc1ccccc1)C(=O)NCCC(=O)NCc1ccccc1OCc1ccccc1. The number of ether oxygens (including phenoxy) is 1. The highest BCUT2D eigenvalue weighted by molar-refractivity contribution is 5.78. The minimum absolute atomic E-state index is 0.131. The summed E-state index contributed by atoms with van der Waals surface area (Å²) in [7, 11) is 1.73. The van der Waals surface area contributed by atoms with E-state index in [1.54, 1.807) is 11.9 Å². The molecule has 3 aromatic carbocycles. The van der Waals surface area contributed by atoms with E-state index in [-0.39, 0.29) is 24.9 Å². The van der Waals surface area contributed by atoms with E-state index in [1.165, 1.54) is 0 Å². The van der Waals surface area contributed by atoms with Crippen LogP contribution in [0.3, 0.4) is 0 Å². The summed E-state index contributed by atoms with van der Waals surface area (Å²) in [5.41, 5.74) is 3.04. The molecule has 0 aliphatic heterocycles. The van der Waals surface area contributed by atoms with E-state index in [0.29, 0.717) is 19.7 Å². The highest BCUT2D eigenvalue weighted by Crippen LogP contribution is 2.19. The maximum atomic E-state index is 12.2. The monoisotopic (exact) mass is 431 g/mol. The van der Waals surface area contributed by atoms with Crippen LogP contribution in [-0.2, 0) is 24.5 Å². The molecule has 0 saturated carbocycles. The van der Waals surface area contributed by atoms with Gasteiger partial charge in [-0.15, -0.1) is 0 Å². The van der Waals surface area contributed by atoms with E-state index in [0.717, 1.165) is 22.4 Å². The predicted molar refractivity (Wildman–Crippen MR) is 125 cm³/mol. The zero-order valence-corrected chi connectivity index (χ0v) is 18.3. The van der Waals surface area contributed by atoms with Crippen molar-refractivity contribution in [3.63, 3.8) is 0 Å². The Balaban J connectivity index is 1.39. The third-order valence-corrected chi connectivity index (χ3v) is 4.92. The van der Waals surface area contributed by atoms with Gasteiger partial charge in [-0.3, -0.25) is 4.79 Å². The van der Waals surface area contributed by atoms with Gasteiger partial charge in [-0.25, -0.2) is 4.79 Å². The molecule has 0 bridgehead atoms. The van der Waals surface area contributed by atoms with Crippen LogP contribution in [0.15, 0.2) is 84.9 Å². The molecule has 0 spiro atoms. The van der Waals surface area contributed by atoms with Gasteiger partial charge < -0.3 is 20.3 Å². The van der Waals surface area contributed by atoms with Crippen LogP contribution in [-0.4, -0.2) is 30.4 Å². The molecule has 166 valence electrons. The fourth-order valence-electron chi connectivity index (χ4n) is 3.16. The molecule has 3 aromatic rings. The number of nitrogens with zero attached hydrogens (tertiary/aromatic N) is 1. The lowest BCUT2D eigenvalue weighted by atomic mass is 10.2. The molecule has 0 unspecified atom stereocenters. The van der Waals surface area contributed by atoms with E-state index >= 15 is 0 Å². The Morgan fingerprint density at radius 2 is 1.44 bits per heavy atom. The predicted octanol–water partition coefficient (Wildman–Crippen LogP) is 4.11. The number of rotatable bonds is 10. The number of carbonyl (C=O) groups excluding carboxylic acids is 2. The molecule has 0 aliphatic carbocycles. The Kier molecular flexibility index (Phi) is 8.69. The van der Waals surface area contributed by atoms with Crippen LogP contribution >= 0.6 is 0 Å². The number of nitrogens with one attached hydrogen (secondary N) is 2. The van der Waals surface area contributed by atoms with Gasteiger partial charge in [0.25, 0.3) is 0 Å². The lowest BCUT2D eigenvalue weighted by molar-refractivity contribution is -0.121. The van der Waals surface area contributed by atoms with Gasteiger partial charge >= 0.3 is 6.03 Å². The van der Waals surface area contributed by atoms with Gasteiger partial charge in [-0.05, 0) is 17.2 Å². The molecular weight excluding hydrogens is 402 g/mol. The molecule has 2 N–H and O–H groups in total. The number of benzene rings is 3. The third-order valence-electron chi connectivity index (χ3n) is 4.92. The van der Waals surface area contributed by atoms with Crippen LogP contribution in [0.5, 0.6) is 5.75 Å². The fourth-order valence-corrected chi connectivity index (χ4v) is 3.16. The minimum Gasteiger partial charge on any atom is -0.489 e. The molecule has 0 aromatic heterocycles. The van der Waals surface area contributed by atoms with Crippen LogP contribution in [0.2, 0.25) is 0 Å². The second-order valence-electron chi connectivity index (χ2n) is 7.48. The lowest BCUT2D eigenvalue weighted by Crippen LogP contribution is -2.38. The zero-order chi connectivity index (χ0) is 22.6. The van der Waals surface area contributed by atoms with E-state index in [4.69, 9.17) is 4.74 Å². The number of amides is 3. The standard InChI is InChI=1S/C26H29N3O3/c1-29(19-21-10-4-2-5-11-21)26(31)27-17-16-25(30)28-18-23-14-8-9-15-24(23)32-20-22-12-6-3-7-13-22/h2-15H,16-20H2,1H3,(H,27,31)(H,28,30). The van der Waals surface area contributed by atoms with Gasteiger partial charge in [0.15, 0.2) is 0 Å². The van der Waals surface area contributed by atoms with Crippen LogP contribution < -0.4 is 15.4 Å². The Morgan fingerprint density at radius 3 is 2.16 bits per heavy atom. The van der Waals surface area contributed by atoms with Crippen LogP contribution in [0, 0.1) is 0 Å². The third kappa shape index (κ3) is 7.47. The Hall–Kier alpha value is -3.80. The Bertz CT molecular complexity index is 993. The van der Waals surface area contributed by atoms with Crippen LogP contribution in [0.4, 0.5) is 4.79 Å². The zero-order valence-electron chi connectivity index (χ0n) is 18.3. The molecule has 6 heteroatoms. The van der Waals surface area contributed by atoms with E-state index in [1.807, 2.05) is 84.9 Å². The van der Waals surface area contributed by atoms with Gasteiger partial charge in [0.1, 0.15) is 12.4 Å². The maximum Gasteiger partial charge on any atom is 0.317 e. The molecule has 0 radical (unpaired) electrons. The summed E-state index contributed by atoms with van der Waals surface area (Å²) in [4.78, 5) is 26.0. The second kappa shape index (κ2) is 12.2. The quantitative estimate of drug-likeness (QED) is 0.507. The topological polar surface area (TPSA) is 70.7 Å². The lowest BCUT2D eigenvalue weighted by Gasteiger charge is -2.18. The summed E-state index contributed by atoms with van der Waals surface area (Å²) >= 11 is 0. The molecule has 3 amide bonds. The number of hydrogen-bond acceptors (Lipinski definition) is 3. The largest absolute Gasteiger partial charge is 0.489 e. The maximum absolute atomic E-state index is 12.2. The van der Waals surface area contributed by atoms with Gasteiger partial charge in [0, 0.05) is 38.7 Å². The van der Waals surface area contributed by atoms with Gasteiger partial charge in [-0.2, -0.15) is 0 Å². The first-order chi connectivity index (χ1) is 15.6. The summed E-state index contributed by atoms with van der Waals surface area (Å²) in [5, 5.41) is 5.68. The van der Waals surface area contributed by atoms with Crippen molar-refractivity contribution < 1.29 is 14.3 Å². The van der Waals surface area contributed by atoms with Gasteiger partial charge in [-0.1, -0.05) is 78.9 Å². The first kappa shape index (κ1) is 22.9. The number of carbonyl (C=O) groups is 2. The van der Waals surface area contributed by atoms with E-state index in [2.05, 4.69) is 10.6 Å². The molecule has 0 heterocycles. The van der Waals surface area contributed by atoms with E-state index < -0.39 is 0 Å². The number of para-hydroxylation sites is 1. The fraction of sp³-hybridized carbons (Fsp3) is 0.231. The first-order valence-corrected chi connectivity index (χ1v) is 10.7. The molecular formula is C26H29N3O3. The average Bonchev–Trinajstić information content (AvgIpc) is 2.83. The van der Waals surface area contributed by atoms with Crippen molar-refractivity contribution in [2.24, 2.45) is 0 Å². The smallest absolute Gasteiger partial charge is 0.317 e. The highest BCUT2D eigenvalue weighted by atomic mass is 16.5.